The number of para-hydroxylation sites is 1. The van der Waals surface area contributed by atoms with Gasteiger partial charge in [-0.15, -0.1) is 0 Å². The van der Waals surface area contributed by atoms with Crippen molar-refractivity contribution in [3.8, 4) is 11.1 Å². The molecular formula is C26H26FN5. The molecule has 1 unspecified atom stereocenters. The maximum atomic E-state index is 14.3. The molecule has 6 heteroatoms. The van der Waals surface area contributed by atoms with Crippen LogP contribution in [-0.2, 0) is 5.41 Å². The van der Waals surface area contributed by atoms with Crippen LogP contribution in [0.5, 0.6) is 0 Å². The van der Waals surface area contributed by atoms with E-state index in [1.165, 1.54) is 36.6 Å². The van der Waals surface area contributed by atoms with Gasteiger partial charge in [0.25, 0.3) is 0 Å². The Labute approximate surface area is 187 Å². The summed E-state index contributed by atoms with van der Waals surface area (Å²) >= 11 is 0. The number of likely N-dealkylation sites (tertiary alicyclic amines) is 1. The summed E-state index contributed by atoms with van der Waals surface area (Å²) in [4.78, 5) is 14.6. The number of aromatic nitrogens is 2. The molecule has 5 nitrogen and oxygen atoms in total. The quantitative estimate of drug-likeness (QED) is 0.682. The molecule has 0 radical (unpaired) electrons. The molecule has 0 amide bonds. The Balaban J connectivity index is 1.29. The van der Waals surface area contributed by atoms with Gasteiger partial charge in [-0.25, -0.2) is 14.4 Å². The van der Waals surface area contributed by atoms with Gasteiger partial charge in [-0.1, -0.05) is 36.4 Å². The lowest BCUT2D eigenvalue weighted by Gasteiger charge is -2.42. The van der Waals surface area contributed by atoms with Gasteiger partial charge < -0.3 is 5.32 Å². The molecule has 2 spiro atoms. The second-order valence-electron chi connectivity index (χ2n) is 9.99. The largest absolute Gasteiger partial charge is 0.315 e. The fraction of sp³-hybridized carbons (Fsp3) is 0.385. The van der Waals surface area contributed by atoms with Crippen molar-refractivity contribution in [1.82, 2.24) is 20.2 Å². The Morgan fingerprint density at radius 1 is 0.938 bits per heavy atom. The number of rotatable bonds is 3. The first-order chi connectivity index (χ1) is 15.7. The van der Waals surface area contributed by atoms with Gasteiger partial charge in [0, 0.05) is 66.2 Å². The molecule has 1 aromatic heterocycles. The number of nitrogens with zero attached hydrogens (tertiary/aromatic N) is 4. The first kappa shape index (κ1) is 18.7. The van der Waals surface area contributed by atoms with Crippen LogP contribution in [0.25, 0.3) is 11.1 Å². The third-order valence-electron chi connectivity index (χ3n) is 8.08. The topological polar surface area (TPSA) is 44.3 Å². The summed E-state index contributed by atoms with van der Waals surface area (Å²) in [5.41, 5.74) is 4.51. The van der Waals surface area contributed by atoms with Crippen molar-refractivity contribution in [3.05, 3.63) is 72.3 Å². The SMILES string of the molecule is Fc1ccccc1-c1cnc(N2c3ccccc3C3(CC3)C2N2CCC3(CNC3)C2)nc1. The lowest BCUT2D eigenvalue weighted by molar-refractivity contribution is 0.139. The summed E-state index contributed by atoms with van der Waals surface area (Å²) in [6.07, 6.45) is 7.45. The van der Waals surface area contributed by atoms with Crippen molar-refractivity contribution in [2.24, 2.45) is 5.41 Å². The highest BCUT2D eigenvalue weighted by Gasteiger charge is 2.63. The van der Waals surface area contributed by atoms with Crippen molar-refractivity contribution < 1.29 is 4.39 Å². The number of benzene rings is 2. The number of fused-ring (bicyclic) bond motifs is 2. The number of nitrogens with one attached hydrogen (secondary N) is 1. The molecule has 3 fully saturated rings. The third kappa shape index (κ3) is 2.57. The Hall–Kier alpha value is -2.83. The molecule has 7 rings (SSSR count). The van der Waals surface area contributed by atoms with E-state index < -0.39 is 0 Å². The minimum atomic E-state index is -0.248. The summed E-state index contributed by atoms with van der Waals surface area (Å²) in [6.45, 7) is 4.50. The zero-order chi connectivity index (χ0) is 21.3. The Kier molecular flexibility index (Phi) is 3.85. The molecular weight excluding hydrogens is 401 g/mol. The molecule has 1 saturated carbocycles. The third-order valence-corrected chi connectivity index (χ3v) is 8.08. The fourth-order valence-corrected chi connectivity index (χ4v) is 6.24. The maximum absolute atomic E-state index is 14.3. The standard InChI is InChI=1S/C26H26FN5/c27-21-7-3-1-5-19(21)18-13-29-24(30-14-18)32-22-8-4-2-6-20(22)26(9-10-26)23(32)31-12-11-25(17-31)15-28-16-25/h1-8,13-14,23,28H,9-12,15-17H2. The molecule has 0 bridgehead atoms. The van der Waals surface area contributed by atoms with Gasteiger partial charge in [0.05, 0.1) is 6.17 Å². The number of hydrogen-bond donors (Lipinski definition) is 1. The fourth-order valence-electron chi connectivity index (χ4n) is 6.24. The summed E-state index contributed by atoms with van der Waals surface area (Å²) in [5.74, 6) is 0.459. The van der Waals surface area contributed by atoms with Gasteiger partial charge in [0.1, 0.15) is 5.82 Å². The summed E-state index contributed by atoms with van der Waals surface area (Å²) in [6, 6.07) is 15.6. The smallest absolute Gasteiger partial charge is 0.231 e. The zero-order valence-electron chi connectivity index (χ0n) is 18.0. The van der Waals surface area contributed by atoms with Crippen LogP contribution in [0.2, 0.25) is 0 Å². The van der Waals surface area contributed by atoms with Crippen molar-refractivity contribution in [3.63, 3.8) is 0 Å². The molecule has 3 aliphatic heterocycles. The number of hydrogen-bond acceptors (Lipinski definition) is 5. The highest BCUT2D eigenvalue weighted by Crippen LogP contribution is 2.63. The molecule has 4 heterocycles. The van der Waals surface area contributed by atoms with Crippen LogP contribution < -0.4 is 10.2 Å². The predicted molar refractivity (Wildman–Crippen MR) is 122 cm³/mol. The van der Waals surface area contributed by atoms with E-state index in [-0.39, 0.29) is 17.4 Å². The second kappa shape index (κ2) is 6.59. The zero-order valence-corrected chi connectivity index (χ0v) is 18.0. The molecule has 4 aliphatic rings. The van der Waals surface area contributed by atoms with E-state index in [4.69, 9.17) is 9.97 Å². The van der Waals surface area contributed by atoms with E-state index in [9.17, 15) is 4.39 Å². The van der Waals surface area contributed by atoms with Crippen LogP contribution in [0, 0.1) is 11.2 Å². The summed E-state index contributed by atoms with van der Waals surface area (Å²) in [5, 5.41) is 3.48. The van der Waals surface area contributed by atoms with E-state index in [1.807, 2.05) is 6.07 Å². The van der Waals surface area contributed by atoms with E-state index in [2.05, 4.69) is 39.4 Å². The van der Waals surface area contributed by atoms with Crippen LogP contribution in [0.1, 0.15) is 24.8 Å². The lowest BCUT2D eigenvalue weighted by atomic mass is 9.81. The van der Waals surface area contributed by atoms with Crippen molar-refractivity contribution in [2.75, 3.05) is 31.1 Å². The average molecular weight is 428 g/mol. The van der Waals surface area contributed by atoms with Crippen LogP contribution in [-0.4, -0.2) is 47.2 Å². The van der Waals surface area contributed by atoms with Gasteiger partial charge in [-0.05, 0) is 37.0 Å². The molecule has 162 valence electrons. The van der Waals surface area contributed by atoms with E-state index in [1.54, 1.807) is 24.5 Å². The highest BCUT2D eigenvalue weighted by molar-refractivity contribution is 5.73. The second-order valence-corrected chi connectivity index (χ2v) is 9.99. The van der Waals surface area contributed by atoms with Crippen molar-refractivity contribution >= 4 is 11.6 Å². The first-order valence-corrected chi connectivity index (χ1v) is 11.6. The van der Waals surface area contributed by atoms with Gasteiger partial charge in [0.2, 0.25) is 5.95 Å². The van der Waals surface area contributed by atoms with Crippen LogP contribution in [0.4, 0.5) is 16.0 Å². The Morgan fingerprint density at radius 3 is 2.38 bits per heavy atom. The number of anilines is 2. The van der Waals surface area contributed by atoms with Crippen molar-refractivity contribution in [1.29, 1.82) is 0 Å². The maximum Gasteiger partial charge on any atom is 0.231 e. The minimum Gasteiger partial charge on any atom is -0.315 e. The van der Waals surface area contributed by atoms with Gasteiger partial charge >= 0.3 is 0 Å². The molecule has 32 heavy (non-hydrogen) atoms. The highest BCUT2D eigenvalue weighted by atomic mass is 19.1. The molecule has 1 atom stereocenters. The van der Waals surface area contributed by atoms with Crippen molar-refractivity contribution in [2.45, 2.75) is 30.8 Å². The Bertz CT molecular complexity index is 1180. The van der Waals surface area contributed by atoms with Gasteiger partial charge in [-0.2, -0.15) is 0 Å². The molecule has 2 saturated heterocycles. The molecule has 1 aliphatic carbocycles. The predicted octanol–water partition coefficient (Wildman–Crippen LogP) is 4.09. The summed E-state index contributed by atoms with van der Waals surface area (Å²) < 4.78 is 14.3. The van der Waals surface area contributed by atoms with Gasteiger partial charge in [-0.3, -0.25) is 9.80 Å². The monoisotopic (exact) mass is 427 g/mol. The van der Waals surface area contributed by atoms with Crippen LogP contribution in [0.15, 0.2) is 60.9 Å². The molecule has 3 aromatic rings. The van der Waals surface area contributed by atoms with Crippen LogP contribution >= 0.6 is 0 Å². The summed E-state index contributed by atoms with van der Waals surface area (Å²) in [7, 11) is 0. The normalized spacial score (nSPS) is 24.7. The van der Waals surface area contributed by atoms with E-state index in [0.717, 1.165) is 26.2 Å². The lowest BCUT2D eigenvalue weighted by Crippen LogP contribution is -2.57. The van der Waals surface area contributed by atoms with E-state index >= 15 is 0 Å². The van der Waals surface area contributed by atoms with Crippen LogP contribution in [0.3, 0.4) is 0 Å². The molecule has 1 N–H and O–H groups in total. The number of halogens is 1. The minimum absolute atomic E-state index is 0.173. The first-order valence-electron chi connectivity index (χ1n) is 11.6. The Morgan fingerprint density at radius 2 is 1.69 bits per heavy atom. The van der Waals surface area contributed by atoms with Gasteiger partial charge in [0.15, 0.2) is 0 Å². The molecule has 2 aromatic carbocycles. The van der Waals surface area contributed by atoms with E-state index in [0.29, 0.717) is 22.5 Å². The average Bonchev–Trinajstić information content (AvgIpc) is 3.37.